The van der Waals surface area contributed by atoms with Crippen LogP contribution in [0.15, 0.2) is 77.7 Å². The van der Waals surface area contributed by atoms with Gasteiger partial charge in [-0.3, -0.25) is 24.0 Å². The number of methoxy groups -OCH3 is 1. The third kappa shape index (κ3) is 6.94. The molecule has 11 nitrogen and oxygen atoms in total. The number of nitro groups is 1. The van der Waals surface area contributed by atoms with Crippen molar-refractivity contribution >= 4 is 33.2 Å². The number of benzene rings is 3. The van der Waals surface area contributed by atoms with E-state index in [0.717, 1.165) is 15.9 Å². The summed E-state index contributed by atoms with van der Waals surface area (Å²) in [6.45, 7) is 2.58. The lowest BCUT2D eigenvalue weighted by atomic mass is 10.1. The number of carbonyl (C=O) groups excluding carboxylic acids is 2. The van der Waals surface area contributed by atoms with E-state index in [2.05, 4.69) is 5.32 Å². The average Bonchev–Trinajstić information content (AvgIpc) is 2.95. The number of sulfonamides is 1. The molecule has 1 atom stereocenters. The number of aryl methyl sites for hydroxylation is 1. The summed E-state index contributed by atoms with van der Waals surface area (Å²) in [7, 11) is -1.54. The SMILES string of the molecule is CNC(=O)C(C)N(CCc1ccccc1)C(=O)CN(c1ccc(OC)cc1)S(=O)(=O)c1ccc(C)c([N+](=O)[O-])c1. The fraction of sp³-hybridized carbons (Fsp3) is 0.286. The molecule has 1 unspecified atom stereocenters. The highest BCUT2D eigenvalue weighted by atomic mass is 32.2. The molecule has 0 heterocycles. The Kier molecular flexibility index (Phi) is 9.83. The topological polar surface area (TPSA) is 139 Å². The molecule has 0 aliphatic carbocycles. The smallest absolute Gasteiger partial charge is 0.273 e. The van der Waals surface area contributed by atoms with Crippen LogP contribution in [-0.4, -0.2) is 63.3 Å². The number of nitro benzene ring substituents is 1. The summed E-state index contributed by atoms with van der Waals surface area (Å²) in [6, 6.07) is 18.1. The van der Waals surface area contributed by atoms with Crippen molar-refractivity contribution in [2.24, 2.45) is 0 Å². The molecular weight excluding hydrogens is 536 g/mol. The second-order valence-electron chi connectivity index (χ2n) is 9.03. The second kappa shape index (κ2) is 13.1. The first-order valence-corrected chi connectivity index (χ1v) is 13.9. The van der Waals surface area contributed by atoms with Crippen molar-refractivity contribution in [3.05, 3.63) is 94.0 Å². The molecule has 0 spiro atoms. The maximum Gasteiger partial charge on any atom is 0.273 e. The molecule has 0 aliphatic heterocycles. The first kappa shape index (κ1) is 30.1. The Morgan fingerprint density at radius 3 is 2.27 bits per heavy atom. The monoisotopic (exact) mass is 568 g/mol. The molecule has 0 radical (unpaired) electrons. The van der Waals surface area contributed by atoms with Gasteiger partial charge in [-0.2, -0.15) is 0 Å². The summed E-state index contributed by atoms with van der Waals surface area (Å²) < 4.78 is 33.8. The largest absolute Gasteiger partial charge is 0.497 e. The van der Waals surface area contributed by atoms with Gasteiger partial charge in [-0.25, -0.2) is 8.42 Å². The molecule has 3 aromatic rings. The Labute approximate surface area is 233 Å². The van der Waals surface area contributed by atoms with E-state index in [1.807, 2.05) is 30.3 Å². The Bertz CT molecular complexity index is 1460. The van der Waals surface area contributed by atoms with Crippen LogP contribution in [0.4, 0.5) is 11.4 Å². The lowest BCUT2D eigenvalue weighted by molar-refractivity contribution is -0.385. The van der Waals surface area contributed by atoms with Crippen LogP contribution in [0.3, 0.4) is 0 Å². The zero-order valence-corrected chi connectivity index (χ0v) is 23.6. The van der Waals surface area contributed by atoms with Crippen molar-refractivity contribution in [2.45, 2.75) is 31.2 Å². The van der Waals surface area contributed by atoms with Gasteiger partial charge in [0.1, 0.15) is 18.3 Å². The molecule has 3 rings (SSSR count). The number of nitrogens with one attached hydrogen (secondary N) is 1. The van der Waals surface area contributed by atoms with Gasteiger partial charge in [0.25, 0.3) is 15.7 Å². The highest BCUT2D eigenvalue weighted by Gasteiger charge is 2.33. The maximum absolute atomic E-state index is 13.9. The standard InChI is InChI=1S/C28H32N4O7S/c1-20-10-15-25(18-26(20)32(35)36)40(37,38)31(23-11-13-24(39-4)14-12-23)19-27(33)30(21(2)28(34)29-3)17-16-22-8-6-5-7-9-22/h5-15,18,21H,16-17,19H2,1-4H3,(H,29,34). The fourth-order valence-corrected chi connectivity index (χ4v) is 5.56. The first-order chi connectivity index (χ1) is 19.0. The van der Waals surface area contributed by atoms with Gasteiger partial charge >= 0.3 is 0 Å². The number of hydrogen-bond donors (Lipinski definition) is 1. The van der Waals surface area contributed by atoms with E-state index in [1.165, 1.54) is 50.2 Å². The summed E-state index contributed by atoms with van der Waals surface area (Å²) in [4.78, 5) is 38.1. The zero-order chi connectivity index (χ0) is 29.4. The van der Waals surface area contributed by atoms with E-state index in [0.29, 0.717) is 17.7 Å². The molecule has 0 aromatic heterocycles. The Morgan fingerprint density at radius 1 is 1.05 bits per heavy atom. The van der Waals surface area contributed by atoms with Crippen LogP contribution in [0.2, 0.25) is 0 Å². The Balaban J connectivity index is 2.04. The molecule has 12 heteroatoms. The minimum atomic E-state index is -4.45. The minimum Gasteiger partial charge on any atom is -0.497 e. The van der Waals surface area contributed by atoms with Crippen LogP contribution >= 0.6 is 0 Å². The van der Waals surface area contributed by atoms with E-state index in [-0.39, 0.29) is 22.8 Å². The second-order valence-corrected chi connectivity index (χ2v) is 10.9. The van der Waals surface area contributed by atoms with Crippen molar-refractivity contribution in [3.8, 4) is 5.75 Å². The summed E-state index contributed by atoms with van der Waals surface area (Å²) in [5.41, 5.74) is 1.02. The zero-order valence-electron chi connectivity index (χ0n) is 22.7. The molecule has 2 amide bonds. The van der Waals surface area contributed by atoms with Gasteiger partial charge < -0.3 is 15.0 Å². The van der Waals surface area contributed by atoms with Gasteiger partial charge in [-0.15, -0.1) is 0 Å². The third-order valence-corrected chi connectivity index (χ3v) is 8.27. The quantitative estimate of drug-likeness (QED) is 0.261. The molecule has 1 N–H and O–H groups in total. The van der Waals surface area contributed by atoms with Crippen LogP contribution < -0.4 is 14.4 Å². The summed E-state index contributed by atoms with van der Waals surface area (Å²) in [5.74, 6) is -0.557. The van der Waals surface area contributed by atoms with Gasteiger partial charge in [0.05, 0.1) is 22.6 Å². The third-order valence-electron chi connectivity index (χ3n) is 6.50. The van der Waals surface area contributed by atoms with Gasteiger partial charge in [0.2, 0.25) is 11.8 Å². The first-order valence-electron chi connectivity index (χ1n) is 12.5. The Hall–Kier alpha value is -4.45. The van der Waals surface area contributed by atoms with E-state index in [9.17, 15) is 28.1 Å². The van der Waals surface area contributed by atoms with E-state index < -0.39 is 39.3 Å². The van der Waals surface area contributed by atoms with E-state index >= 15 is 0 Å². The summed E-state index contributed by atoms with van der Waals surface area (Å²) in [5, 5.41) is 14.1. The van der Waals surface area contributed by atoms with Crippen molar-refractivity contribution in [1.29, 1.82) is 0 Å². The van der Waals surface area contributed by atoms with Crippen LogP contribution in [-0.2, 0) is 26.0 Å². The predicted molar refractivity (Wildman–Crippen MR) is 151 cm³/mol. The van der Waals surface area contributed by atoms with Gasteiger partial charge in [0, 0.05) is 25.2 Å². The number of likely N-dealkylation sites (N-methyl/N-ethyl adjacent to an activating group) is 1. The molecular formula is C28H32N4O7S. The average molecular weight is 569 g/mol. The van der Waals surface area contributed by atoms with E-state index in [4.69, 9.17) is 4.74 Å². The van der Waals surface area contributed by atoms with E-state index in [1.54, 1.807) is 19.1 Å². The van der Waals surface area contributed by atoms with Gasteiger partial charge in [-0.05, 0) is 56.2 Å². The number of carbonyl (C=O) groups is 2. The van der Waals surface area contributed by atoms with Crippen LogP contribution in [0.5, 0.6) is 5.75 Å². The lowest BCUT2D eigenvalue weighted by Crippen LogP contribution is -2.51. The van der Waals surface area contributed by atoms with Crippen LogP contribution in [0, 0.1) is 17.0 Å². The number of rotatable bonds is 12. The molecule has 3 aromatic carbocycles. The number of hydrogen-bond acceptors (Lipinski definition) is 7. The van der Waals surface area contributed by atoms with Crippen molar-refractivity contribution in [3.63, 3.8) is 0 Å². The molecule has 0 fully saturated rings. The molecule has 0 saturated heterocycles. The number of ether oxygens (including phenoxy) is 1. The fourth-order valence-electron chi connectivity index (χ4n) is 4.13. The molecule has 212 valence electrons. The normalized spacial score (nSPS) is 11.8. The van der Waals surface area contributed by atoms with Crippen LogP contribution in [0.25, 0.3) is 0 Å². The number of amides is 2. The lowest BCUT2D eigenvalue weighted by Gasteiger charge is -2.31. The Morgan fingerprint density at radius 2 is 1.70 bits per heavy atom. The highest BCUT2D eigenvalue weighted by Crippen LogP contribution is 2.29. The van der Waals surface area contributed by atoms with Gasteiger partial charge in [-0.1, -0.05) is 36.4 Å². The highest BCUT2D eigenvalue weighted by molar-refractivity contribution is 7.92. The molecule has 0 aliphatic rings. The van der Waals surface area contributed by atoms with Crippen molar-refractivity contribution in [1.82, 2.24) is 10.2 Å². The number of nitrogens with zero attached hydrogens (tertiary/aromatic N) is 3. The molecule has 0 bridgehead atoms. The summed E-state index contributed by atoms with van der Waals surface area (Å²) in [6.07, 6.45) is 0.438. The summed E-state index contributed by atoms with van der Waals surface area (Å²) >= 11 is 0. The predicted octanol–water partition coefficient (Wildman–Crippen LogP) is 3.31. The van der Waals surface area contributed by atoms with Gasteiger partial charge in [0.15, 0.2) is 0 Å². The van der Waals surface area contributed by atoms with Crippen LogP contribution in [0.1, 0.15) is 18.1 Å². The minimum absolute atomic E-state index is 0.146. The maximum atomic E-state index is 13.9. The van der Waals surface area contributed by atoms with Crippen molar-refractivity contribution < 1.29 is 27.7 Å². The van der Waals surface area contributed by atoms with Crippen molar-refractivity contribution in [2.75, 3.05) is 31.6 Å². The number of anilines is 1. The molecule has 0 saturated carbocycles. The molecule has 40 heavy (non-hydrogen) atoms.